The first-order valence-electron chi connectivity index (χ1n) is 14.7. The van der Waals surface area contributed by atoms with Crippen molar-refractivity contribution in [2.75, 3.05) is 25.4 Å². The van der Waals surface area contributed by atoms with Crippen LogP contribution in [-0.2, 0) is 28.8 Å². The molecule has 53 heavy (non-hydrogen) atoms. The Labute approximate surface area is 309 Å². The molecule has 3 aliphatic heterocycles. The molecule has 7 amide bonds. The fourth-order valence-corrected chi connectivity index (χ4v) is 7.39. The lowest BCUT2D eigenvalue weighted by molar-refractivity contribution is -0.161. The van der Waals surface area contributed by atoms with E-state index in [0.29, 0.717) is 16.8 Å². The van der Waals surface area contributed by atoms with Gasteiger partial charge in [-0.15, -0.1) is 11.3 Å². The first-order valence-corrected chi connectivity index (χ1v) is 16.9. The van der Waals surface area contributed by atoms with Crippen LogP contribution in [0.4, 0.5) is 14.7 Å². The maximum absolute atomic E-state index is 13.4. The number of ketones is 1. The molecule has 10 N–H and O–H groups in total. The molecule has 23 nitrogen and oxygen atoms in total. The van der Waals surface area contributed by atoms with Crippen LogP contribution in [0.3, 0.4) is 0 Å². The van der Waals surface area contributed by atoms with Crippen LogP contribution in [0.2, 0.25) is 5.02 Å². The second kappa shape index (κ2) is 14.2. The van der Waals surface area contributed by atoms with Crippen molar-refractivity contribution in [3.8, 4) is 11.5 Å². The van der Waals surface area contributed by atoms with E-state index in [2.05, 4.69) is 20.9 Å². The third kappa shape index (κ3) is 7.07. The summed E-state index contributed by atoms with van der Waals surface area (Å²) in [4.78, 5) is 110. The summed E-state index contributed by atoms with van der Waals surface area (Å²) in [6.45, 7) is 1.30. The standard InChI is InChI=1S/C27H27ClN10O13S2/c1-26(2,21(45)46)51-35-13(10-7-52-23(29)30-10)17(42)31-14-19(44)36-8-27(22(47)48,53-20(14)36)37-5-6-38(25(37)50)34-24(49)33-32-18(43)15(40)9-3-4-11(39)16(41)12(9)28/h3-4,7,14,20,39,41H,5-6,8H2,1-2H3,(H2,29,30)(H,31,42)(H,32,43)(H,45,46)(H,47,48)(H2,33,34,49)/b35-13-/t14-,20-,27-/m1/s1. The summed E-state index contributed by atoms with van der Waals surface area (Å²) < 4.78 is 0. The smallest absolute Gasteiger partial charge is 0.352 e. The van der Waals surface area contributed by atoms with E-state index in [1.54, 1.807) is 5.43 Å². The van der Waals surface area contributed by atoms with E-state index >= 15 is 0 Å². The van der Waals surface area contributed by atoms with Gasteiger partial charge < -0.3 is 41.2 Å². The minimum atomic E-state index is -2.09. The quantitative estimate of drug-likeness (QED) is 0.0309. The number of amides is 7. The Morgan fingerprint density at radius 3 is 2.42 bits per heavy atom. The van der Waals surface area contributed by atoms with Crippen molar-refractivity contribution in [1.29, 1.82) is 0 Å². The summed E-state index contributed by atoms with van der Waals surface area (Å²) in [6, 6.07) is -1.72. The number of thiazole rings is 1. The molecular weight excluding hydrogens is 772 g/mol. The summed E-state index contributed by atoms with van der Waals surface area (Å²) >= 11 is 7.39. The molecule has 1 aromatic heterocycles. The Morgan fingerprint density at radius 1 is 1.09 bits per heavy atom. The van der Waals surface area contributed by atoms with Crippen LogP contribution in [0.5, 0.6) is 11.5 Å². The number of aliphatic carboxylic acids is 2. The van der Waals surface area contributed by atoms with Gasteiger partial charge in [-0.3, -0.25) is 29.5 Å². The molecular formula is C27H27ClN10O13S2. The lowest BCUT2D eigenvalue weighted by Gasteiger charge is -2.41. The topological polar surface area (TPSA) is 336 Å². The number of oxime groups is 1. The summed E-state index contributed by atoms with van der Waals surface area (Å²) in [5.74, 6) is -8.90. The fraction of sp³-hybridized carbons (Fsp3) is 0.333. The first kappa shape index (κ1) is 38.2. The number of phenolic OH excluding ortho intramolecular Hbond substituents is 2. The largest absolute Gasteiger partial charge is 0.504 e. The molecule has 2 aromatic rings. The van der Waals surface area contributed by atoms with Gasteiger partial charge in [-0.1, -0.05) is 28.5 Å². The lowest BCUT2D eigenvalue weighted by atomic mass is 10.1. The molecule has 0 unspecified atom stereocenters. The Hall–Kier alpha value is -6.08. The van der Waals surface area contributed by atoms with E-state index in [1.165, 1.54) is 19.2 Å². The number of nitrogens with one attached hydrogen (secondary N) is 4. The van der Waals surface area contributed by atoms with E-state index in [-0.39, 0.29) is 23.9 Å². The maximum atomic E-state index is 13.4. The lowest BCUT2D eigenvalue weighted by Crippen LogP contribution is -2.68. The SMILES string of the molecule is CC(C)(O/N=C(\C(=O)N[C@@H]1C(=O)N2C[C@@](C(=O)O)(N3CCN(NC(=O)NNC(=O)C(=O)c4ccc(O)c(O)c4Cl)C3=O)S[C@H]12)c1csc(N)n1)C(=O)O. The minimum absolute atomic E-state index is 0.0375. The highest BCUT2D eigenvalue weighted by Crippen LogP contribution is 2.49. The molecule has 3 aliphatic rings. The highest BCUT2D eigenvalue weighted by atomic mass is 35.5. The number of halogens is 1. The van der Waals surface area contributed by atoms with Gasteiger partial charge in [0.25, 0.3) is 11.7 Å². The number of thioether (sulfide) groups is 1. The van der Waals surface area contributed by atoms with E-state index in [9.17, 15) is 58.8 Å². The van der Waals surface area contributed by atoms with Gasteiger partial charge in [-0.2, -0.15) is 0 Å². The van der Waals surface area contributed by atoms with Crippen molar-refractivity contribution in [3.63, 3.8) is 0 Å². The fourth-order valence-electron chi connectivity index (χ4n) is 4.96. The second-order valence-electron chi connectivity index (χ2n) is 11.7. The molecule has 3 fully saturated rings. The molecule has 0 radical (unpaired) electrons. The molecule has 3 atom stereocenters. The summed E-state index contributed by atoms with van der Waals surface area (Å²) in [6.07, 6.45) is 0. The number of anilines is 1. The number of carbonyl (C=O) groups excluding carboxylic acids is 6. The molecule has 5 rings (SSSR count). The summed E-state index contributed by atoms with van der Waals surface area (Å²) in [5.41, 5.74) is 8.38. The molecule has 0 saturated carbocycles. The van der Waals surface area contributed by atoms with Crippen LogP contribution >= 0.6 is 34.7 Å². The van der Waals surface area contributed by atoms with Gasteiger partial charge in [-0.05, 0) is 26.0 Å². The normalized spacial score (nSPS) is 21.0. The zero-order valence-corrected chi connectivity index (χ0v) is 29.4. The van der Waals surface area contributed by atoms with Crippen molar-refractivity contribution < 1.29 is 63.6 Å². The number of fused-ring (bicyclic) bond motifs is 1. The van der Waals surface area contributed by atoms with Gasteiger partial charge in [0.15, 0.2) is 22.3 Å². The van der Waals surface area contributed by atoms with E-state index in [0.717, 1.165) is 33.3 Å². The second-order valence-corrected chi connectivity index (χ2v) is 14.3. The van der Waals surface area contributed by atoms with Crippen LogP contribution in [0.25, 0.3) is 0 Å². The molecule has 282 valence electrons. The van der Waals surface area contributed by atoms with Crippen LogP contribution in [0, 0.1) is 0 Å². The number of hydrazine groups is 2. The monoisotopic (exact) mass is 798 g/mol. The predicted octanol–water partition coefficient (Wildman–Crippen LogP) is -1.58. The zero-order valence-electron chi connectivity index (χ0n) is 27.0. The highest BCUT2D eigenvalue weighted by molar-refractivity contribution is 8.02. The predicted molar refractivity (Wildman–Crippen MR) is 179 cm³/mol. The van der Waals surface area contributed by atoms with E-state index in [4.69, 9.17) is 22.2 Å². The first-order chi connectivity index (χ1) is 24.8. The van der Waals surface area contributed by atoms with E-state index in [1.807, 2.05) is 5.43 Å². The number of rotatable bonds is 11. The Kier molecular flexibility index (Phi) is 10.2. The average Bonchev–Trinajstić information content (AvgIpc) is 3.80. The number of carboxylic acid groups (broad SMARTS) is 2. The van der Waals surface area contributed by atoms with Crippen LogP contribution in [0.15, 0.2) is 22.7 Å². The number of nitrogens with two attached hydrogens (primary N) is 1. The molecule has 0 spiro atoms. The van der Waals surface area contributed by atoms with Gasteiger partial charge in [0.2, 0.25) is 16.4 Å². The number of aromatic nitrogens is 1. The Morgan fingerprint density at radius 2 is 1.79 bits per heavy atom. The number of β-lactam (4-membered cyclic amide) rings is 1. The van der Waals surface area contributed by atoms with Gasteiger partial charge >= 0.3 is 29.9 Å². The van der Waals surface area contributed by atoms with Gasteiger partial charge in [0.1, 0.15) is 17.1 Å². The third-order valence-corrected chi connectivity index (χ3v) is 10.6. The molecule has 0 aliphatic carbocycles. The average molecular weight is 799 g/mol. The van der Waals surface area contributed by atoms with E-state index < -0.39 is 104 Å². The number of carbonyl (C=O) groups is 8. The van der Waals surface area contributed by atoms with Crippen molar-refractivity contribution in [2.45, 2.75) is 35.7 Å². The molecule has 1 aromatic carbocycles. The number of carboxylic acids is 2. The van der Waals surface area contributed by atoms with Crippen molar-refractivity contribution in [2.24, 2.45) is 5.16 Å². The number of hydrogen-bond acceptors (Lipinski definition) is 16. The summed E-state index contributed by atoms with van der Waals surface area (Å²) in [5, 5.41) is 45.4. The van der Waals surface area contributed by atoms with Crippen molar-refractivity contribution >= 4 is 93.0 Å². The summed E-state index contributed by atoms with van der Waals surface area (Å²) in [7, 11) is 0. The number of benzene rings is 1. The highest BCUT2D eigenvalue weighted by Gasteiger charge is 2.66. The van der Waals surface area contributed by atoms with Crippen LogP contribution in [0.1, 0.15) is 29.9 Å². The number of phenols is 2. The van der Waals surface area contributed by atoms with Crippen LogP contribution < -0.4 is 27.3 Å². The molecule has 26 heteroatoms. The Bertz CT molecular complexity index is 1990. The van der Waals surface area contributed by atoms with Gasteiger partial charge in [-0.25, -0.2) is 40.0 Å². The number of aromatic hydroxyl groups is 2. The molecule has 3 saturated heterocycles. The Balaban J connectivity index is 1.22. The number of nitrogen functional groups attached to an aromatic ring is 1. The van der Waals surface area contributed by atoms with Gasteiger partial charge in [0.05, 0.1) is 23.7 Å². The molecule has 4 heterocycles. The van der Waals surface area contributed by atoms with Gasteiger partial charge in [0, 0.05) is 11.9 Å². The zero-order chi connectivity index (χ0) is 39.2. The van der Waals surface area contributed by atoms with Crippen LogP contribution in [-0.4, -0.2) is 135 Å². The number of urea groups is 2. The maximum Gasteiger partial charge on any atom is 0.352 e. The minimum Gasteiger partial charge on any atom is -0.504 e. The number of Topliss-reactive ketones (excluding diaryl/α,β-unsaturated/α-hetero) is 1. The van der Waals surface area contributed by atoms with Crippen molar-refractivity contribution in [3.05, 3.63) is 33.8 Å². The third-order valence-electron chi connectivity index (χ3n) is 7.84. The molecule has 0 bridgehead atoms. The number of nitrogens with zero attached hydrogens (tertiary/aromatic N) is 5. The van der Waals surface area contributed by atoms with Crippen molar-refractivity contribution in [1.82, 2.24) is 41.4 Å². The number of hydrogen-bond donors (Lipinski definition) is 9.